The minimum atomic E-state index is -0.197. The quantitative estimate of drug-likeness (QED) is 0.665. The molecule has 0 N–H and O–H groups in total. The Labute approximate surface area is 175 Å². The summed E-state index contributed by atoms with van der Waals surface area (Å²) in [6, 6.07) is 10.0. The standard InChI is InChI=1S/C22H25N7O/c1-3-17-21(30)27(2)18-13-23-22(26-20(18)28(17)16-11-7-8-12-16)29-19(24-14-25-29)15-9-5-4-6-10-15/h4-6,9-10,13-14,16-17H,3,7-8,11-12H2,1-2H3. The van der Waals surface area contributed by atoms with Crippen molar-refractivity contribution in [2.75, 3.05) is 16.8 Å². The first-order valence-electron chi connectivity index (χ1n) is 10.6. The number of anilines is 2. The van der Waals surface area contributed by atoms with E-state index in [4.69, 9.17) is 4.98 Å². The van der Waals surface area contributed by atoms with E-state index in [9.17, 15) is 4.79 Å². The van der Waals surface area contributed by atoms with Gasteiger partial charge in [-0.25, -0.2) is 9.97 Å². The van der Waals surface area contributed by atoms with Gasteiger partial charge < -0.3 is 9.80 Å². The molecule has 2 aromatic heterocycles. The van der Waals surface area contributed by atoms with Crippen LogP contribution in [0.3, 0.4) is 0 Å². The van der Waals surface area contributed by atoms with Crippen molar-refractivity contribution >= 4 is 17.4 Å². The summed E-state index contributed by atoms with van der Waals surface area (Å²) in [5, 5.41) is 4.39. The Bertz CT molecular complexity index is 1060. The molecule has 0 bridgehead atoms. The van der Waals surface area contributed by atoms with Crippen molar-refractivity contribution in [3.05, 3.63) is 42.9 Å². The Balaban J connectivity index is 1.63. The van der Waals surface area contributed by atoms with E-state index in [1.807, 2.05) is 37.4 Å². The van der Waals surface area contributed by atoms with Crippen LogP contribution in [0.2, 0.25) is 0 Å². The molecule has 3 aromatic rings. The first-order valence-corrected chi connectivity index (χ1v) is 10.6. The van der Waals surface area contributed by atoms with Gasteiger partial charge in [-0.05, 0) is 19.3 Å². The Morgan fingerprint density at radius 1 is 1.10 bits per heavy atom. The van der Waals surface area contributed by atoms with E-state index in [0.717, 1.165) is 36.3 Å². The predicted molar refractivity (Wildman–Crippen MR) is 115 cm³/mol. The van der Waals surface area contributed by atoms with Crippen molar-refractivity contribution < 1.29 is 4.79 Å². The van der Waals surface area contributed by atoms with Gasteiger partial charge in [-0.3, -0.25) is 4.79 Å². The molecule has 0 spiro atoms. The van der Waals surface area contributed by atoms with E-state index in [-0.39, 0.29) is 11.9 Å². The fourth-order valence-corrected chi connectivity index (χ4v) is 4.65. The second-order valence-electron chi connectivity index (χ2n) is 7.91. The molecule has 30 heavy (non-hydrogen) atoms. The number of aromatic nitrogens is 5. The maximum absolute atomic E-state index is 13.0. The van der Waals surface area contributed by atoms with E-state index in [0.29, 0.717) is 17.8 Å². The molecule has 1 aliphatic carbocycles. The van der Waals surface area contributed by atoms with Crippen molar-refractivity contribution in [2.45, 2.75) is 51.1 Å². The van der Waals surface area contributed by atoms with Gasteiger partial charge in [-0.2, -0.15) is 14.8 Å². The maximum atomic E-state index is 13.0. The Morgan fingerprint density at radius 2 is 1.87 bits per heavy atom. The van der Waals surface area contributed by atoms with Gasteiger partial charge in [-0.15, -0.1) is 0 Å². The number of likely N-dealkylation sites (N-methyl/N-ethyl adjacent to an activating group) is 1. The molecule has 8 nitrogen and oxygen atoms in total. The second kappa shape index (κ2) is 7.51. The molecule has 1 saturated carbocycles. The minimum absolute atomic E-state index is 0.110. The van der Waals surface area contributed by atoms with Gasteiger partial charge in [0.25, 0.3) is 5.95 Å². The van der Waals surface area contributed by atoms with E-state index in [1.54, 1.807) is 15.8 Å². The van der Waals surface area contributed by atoms with Crippen LogP contribution in [0, 0.1) is 0 Å². The molecule has 3 heterocycles. The molecule has 1 aliphatic heterocycles. The predicted octanol–water partition coefficient (Wildman–Crippen LogP) is 3.23. The molecular formula is C22H25N7O. The fourth-order valence-electron chi connectivity index (χ4n) is 4.65. The highest BCUT2D eigenvalue weighted by atomic mass is 16.2. The first kappa shape index (κ1) is 18.7. The summed E-state index contributed by atoms with van der Waals surface area (Å²) in [7, 11) is 1.81. The normalized spacial score (nSPS) is 19.4. The van der Waals surface area contributed by atoms with Crippen LogP contribution in [0.15, 0.2) is 42.9 Å². The molecule has 1 amide bonds. The lowest BCUT2D eigenvalue weighted by atomic mass is 10.0. The van der Waals surface area contributed by atoms with Crippen molar-refractivity contribution in [1.29, 1.82) is 0 Å². The third-order valence-corrected chi connectivity index (χ3v) is 6.17. The number of benzene rings is 1. The monoisotopic (exact) mass is 403 g/mol. The molecule has 1 fully saturated rings. The first-order chi connectivity index (χ1) is 14.7. The largest absolute Gasteiger partial charge is 0.340 e. The van der Waals surface area contributed by atoms with Crippen LogP contribution >= 0.6 is 0 Å². The number of rotatable bonds is 4. The maximum Gasteiger partial charge on any atom is 0.254 e. The minimum Gasteiger partial charge on any atom is -0.340 e. The summed E-state index contributed by atoms with van der Waals surface area (Å²) in [4.78, 5) is 30.9. The highest BCUT2D eigenvalue weighted by Gasteiger charge is 2.41. The van der Waals surface area contributed by atoms with Crippen LogP contribution in [-0.4, -0.2) is 49.8 Å². The lowest BCUT2D eigenvalue weighted by molar-refractivity contribution is -0.120. The van der Waals surface area contributed by atoms with Crippen molar-refractivity contribution in [3.63, 3.8) is 0 Å². The molecule has 2 aliphatic rings. The number of carbonyl (C=O) groups is 1. The van der Waals surface area contributed by atoms with Gasteiger partial charge in [0.2, 0.25) is 5.91 Å². The molecule has 0 radical (unpaired) electrons. The number of nitrogens with zero attached hydrogens (tertiary/aromatic N) is 7. The van der Waals surface area contributed by atoms with Crippen molar-refractivity contribution in [2.24, 2.45) is 0 Å². The summed E-state index contributed by atoms with van der Waals surface area (Å²) in [5.74, 6) is 2.08. The zero-order valence-electron chi connectivity index (χ0n) is 17.3. The molecule has 154 valence electrons. The highest BCUT2D eigenvalue weighted by Crippen LogP contribution is 2.39. The van der Waals surface area contributed by atoms with Crippen LogP contribution in [0.25, 0.3) is 17.3 Å². The molecule has 1 aromatic carbocycles. The van der Waals surface area contributed by atoms with Crippen LogP contribution < -0.4 is 9.80 Å². The Hall–Kier alpha value is -3.29. The summed E-state index contributed by atoms with van der Waals surface area (Å²) in [6.07, 6.45) is 8.56. The van der Waals surface area contributed by atoms with Gasteiger partial charge in [0.1, 0.15) is 18.1 Å². The van der Waals surface area contributed by atoms with Crippen molar-refractivity contribution in [3.8, 4) is 17.3 Å². The lowest BCUT2D eigenvalue weighted by Gasteiger charge is -2.43. The second-order valence-corrected chi connectivity index (χ2v) is 7.91. The van der Waals surface area contributed by atoms with Crippen LogP contribution in [-0.2, 0) is 4.79 Å². The number of hydrogen-bond acceptors (Lipinski definition) is 6. The van der Waals surface area contributed by atoms with E-state index < -0.39 is 0 Å². The number of fused-ring (bicyclic) bond motifs is 1. The topological polar surface area (TPSA) is 80.0 Å². The van der Waals surface area contributed by atoms with E-state index in [1.165, 1.54) is 19.2 Å². The highest BCUT2D eigenvalue weighted by molar-refractivity contribution is 6.04. The van der Waals surface area contributed by atoms with Gasteiger partial charge in [0.15, 0.2) is 11.6 Å². The third-order valence-electron chi connectivity index (χ3n) is 6.17. The van der Waals surface area contributed by atoms with Crippen LogP contribution in [0.4, 0.5) is 11.5 Å². The lowest BCUT2D eigenvalue weighted by Crippen LogP contribution is -2.55. The van der Waals surface area contributed by atoms with Crippen molar-refractivity contribution in [1.82, 2.24) is 24.7 Å². The third kappa shape index (κ3) is 2.94. The zero-order chi connectivity index (χ0) is 20.7. The molecule has 0 saturated heterocycles. The summed E-state index contributed by atoms with van der Waals surface area (Å²) in [6.45, 7) is 2.07. The average Bonchev–Trinajstić information content (AvgIpc) is 3.48. The van der Waals surface area contributed by atoms with E-state index >= 15 is 0 Å². The smallest absolute Gasteiger partial charge is 0.254 e. The van der Waals surface area contributed by atoms with Gasteiger partial charge >= 0.3 is 0 Å². The van der Waals surface area contributed by atoms with E-state index in [2.05, 4.69) is 26.9 Å². The molecular weight excluding hydrogens is 378 g/mol. The Morgan fingerprint density at radius 3 is 2.60 bits per heavy atom. The summed E-state index contributed by atoms with van der Waals surface area (Å²) >= 11 is 0. The molecule has 5 rings (SSSR count). The number of amides is 1. The fraction of sp³-hybridized carbons (Fsp3) is 0.409. The molecule has 8 heteroatoms. The zero-order valence-corrected chi connectivity index (χ0v) is 17.3. The number of carbonyl (C=O) groups excluding carboxylic acids is 1. The van der Waals surface area contributed by atoms with Gasteiger partial charge in [0, 0.05) is 18.7 Å². The summed E-state index contributed by atoms with van der Waals surface area (Å²) < 4.78 is 1.67. The average molecular weight is 403 g/mol. The van der Waals surface area contributed by atoms with Gasteiger partial charge in [-0.1, -0.05) is 50.1 Å². The summed E-state index contributed by atoms with van der Waals surface area (Å²) in [5.41, 5.74) is 1.70. The Kier molecular flexibility index (Phi) is 4.69. The van der Waals surface area contributed by atoms with Crippen LogP contribution in [0.1, 0.15) is 39.0 Å². The number of hydrogen-bond donors (Lipinski definition) is 0. The molecule has 1 atom stereocenters. The van der Waals surface area contributed by atoms with Crippen LogP contribution in [0.5, 0.6) is 0 Å². The SMILES string of the molecule is CCC1C(=O)N(C)c2cnc(-n3ncnc3-c3ccccc3)nc2N1C1CCCC1. The van der Waals surface area contributed by atoms with Gasteiger partial charge in [0.05, 0.1) is 6.20 Å². The molecule has 1 unspecified atom stereocenters.